The first-order chi connectivity index (χ1) is 9.97. The number of nitrogens with one attached hydrogen (secondary N) is 3. The van der Waals surface area contributed by atoms with Crippen molar-refractivity contribution in [1.29, 1.82) is 0 Å². The molecule has 0 spiro atoms. The minimum Gasteiger partial charge on any atom is -0.477 e. The molecule has 4 atom stereocenters. The SMILES string of the molecule is CC(C)OC1=CC(C)C(C)C(N)C(NC2CCNCC2)N1. The standard InChI is InChI=1S/C16H32N4O/c1-10(2)21-14-9-11(3)12(4)15(17)16(20-14)19-13-5-7-18-8-6-13/h9-13,15-16,18-20H,5-8,17H2,1-4H3. The van der Waals surface area contributed by atoms with E-state index in [1.165, 1.54) is 0 Å². The van der Waals surface area contributed by atoms with E-state index in [9.17, 15) is 0 Å². The first-order valence-electron chi connectivity index (χ1n) is 8.34. The van der Waals surface area contributed by atoms with Gasteiger partial charge in [-0.1, -0.05) is 13.8 Å². The van der Waals surface area contributed by atoms with Crippen LogP contribution in [0.15, 0.2) is 12.0 Å². The predicted molar refractivity (Wildman–Crippen MR) is 86.6 cm³/mol. The zero-order chi connectivity index (χ0) is 15.4. The summed E-state index contributed by atoms with van der Waals surface area (Å²) in [5.41, 5.74) is 6.49. The molecule has 0 aromatic heterocycles. The van der Waals surface area contributed by atoms with E-state index in [0.29, 0.717) is 17.9 Å². The molecule has 21 heavy (non-hydrogen) atoms. The van der Waals surface area contributed by atoms with Crippen molar-refractivity contribution in [3.05, 3.63) is 12.0 Å². The van der Waals surface area contributed by atoms with Crippen LogP contribution < -0.4 is 21.7 Å². The van der Waals surface area contributed by atoms with Gasteiger partial charge in [0.1, 0.15) is 0 Å². The molecule has 2 aliphatic rings. The third kappa shape index (κ3) is 4.59. The fraction of sp³-hybridized carbons (Fsp3) is 0.875. The van der Waals surface area contributed by atoms with Gasteiger partial charge in [-0.2, -0.15) is 0 Å². The maximum Gasteiger partial charge on any atom is 0.184 e. The molecule has 1 fully saturated rings. The molecule has 2 aliphatic heterocycles. The summed E-state index contributed by atoms with van der Waals surface area (Å²) in [5, 5.41) is 10.6. The average molecular weight is 296 g/mol. The first kappa shape index (κ1) is 16.6. The summed E-state index contributed by atoms with van der Waals surface area (Å²) in [5.74, 6) is 1.68. The van der Waals surface area contributed by atoms with Crippen molar-refractivity contribution >= 4 is 0 Å². The molecule has 0 aromatic carbocycles. The molecule has 5 heteroatoms. The molecular weight excluding hydrogens is 264 g/mol. The number of hydrogen-bond acceptors (Lipinski definition) is 5. The van der Waals surface area contributed by atoms with Gasteiger partial charge in [-0.15, -0.1) is 0 Å². The Morgan fingerprint density at radius 1 is 1.29 bits per heavy atom. The Kier molecular flexibility index (Phi) is 5.90. The zero-order valence-electron chi connectivity index (χ0n) is 13.9. The van der Waals surface area contributed by atoms with Gasteiger partial charge in [-0.3, -0.25) is 5.32 Å². The summed E-state index contributed by atoms with van der Waals surface area (Å²) in [7, 11) is 0. The molecule has 0 aliphatic carbocycles. The van der Waals surface area contributed by atoms with Crippen LogP contribution in [0.5, 0.6) is 0 Å². The maximum absolute atomic E-state index is 6.49. The van der Waals surface area contributed by atoms with Crippen LogP contribution in [0.3, 0.4) is 0 Å². The van der Waals surface area contributed by atoms with Gasteiger partial charge in [0.2, 0.25) is 0 Å². The summed E-state index contributed by atoms with van der Waals surface area (Å²) in [6.45, 7) is 10.7. The largest absolute Gasteiger partial charge is 0.477 e. The third-order valence-corrected chi connectivity index (χ3v) is 4.65. The second kappa shape index (κ2) is 7.47. The Bertz CT molecular complexity index is 352. The van der Waals surface area contributed by atoms with Crippen LogP contribution in [0, 0.1) is 11.8 Å². The van der Waals surface area contributed by atoms with Gasteiger partial charge in [-0.05, 0) is 57.7 Å². The molecule has 122 valence electrons. The highest BCUT2D eigenvalue weighted by atomic mass is 16.5. The van der Waals surface area contributed by atoms with Gasteiger partial charge >= 0.3 is 0 Å². The molecule has 5 N–H and O–H groups in total. The quantitative estimate of drug-likeness (QED) is 0.626. The molecule has 0 amide bonds. The first-order valence-corrected chi connectivity index (χ1v) is 8.34. The van der Waals surface area contributed by atoms with E-state index in [4.69, 9.17) is 10.5 Å². The van der Waals surface area contributed by atoms with Crippen LogP contribution in [0.2, 0.25) is 0 Å². The predicted octanol–water partition coefficient (Wildman–Crippen LogP) is 1.12. The highest BCUT2D eigenvalue weighted by Crippen LogP contribution is 2.23. The van der Waals surface area contributed by atoms with Crippen molar-refractivity contribution in [2.24, 2.45) is 17.6 Å². The summed E-state index contributed by atoms with van der Waals surface area (Å²) < 4.78 is 5.90. The topological polar surface area (TPSA) is 71.3 Å². The molecule has 2 heterocycles. The molecule has 1 saturated heterocycles. The summed E-state index contributed by atoms with van der Waals surface area (Å²) >= 11 is 0. The second-order valence-corrected chi connectivity index (χ2v) is 6.81. The molecule has 0 bridgehead atoms. The fourth-order valence-corrected chi connectivity index (χ4v) is 3.06. The lowest BCUT2D eigenvalue weighted by atomic mass is 9.88. The van der Waals surface area contributed by atoms with Crippen molar-refractivity contribution in [2.75, 3.05) is 13.1 Å². The minimum atomic E-state index is 0.0676. The molecule has 4 unspecified atom stereocenters. The summed E-state index contributed by atoms with van der Waals surface area (Å²) in [6, 6.07) is 0.593. The van der Waals surface area contributed by atoms with Crippen molar-refractivity contribution in [2.45, 2.75) is 64.9 Å². The highest BCUT2D eigenvalue weighted by Gasteiger charge is 2.32. The van der Waals surface area contributed by atoms with Gasteiger partial charge in [-0.25, -0.2) is 0 Å². The lowest BCUT2D eigenvalue weighted by molar-refractivity contribution is 0.117. The van der Waals surface area contributed by atoms with E-state index in [1.54, 1.807) is 0 Å². The van der Waals surface area contributed by atoms with Gasteiger partial charge in [0.05, 0.1) is 12.3 Å². The van der Waals surface area contributed by atoms with E-state index in [0.717, 1.165) is 31.8 Å². The van der Waals surface area contributed by atoms with Gasteiger partial charge in [0.25, 0.3) is 0 Å². The minimum absolute atomic E-state index is 0.0676. The molecular formula is C16H32N4O. The lowest BCUT2D eigenvalue weighted by Crippen LogP contribution is -2.59. The van der Waals surface area contributed by atoms with E-state index in [1.807, 2.05) is 0 Å². The summed E-state index contributed by atoms with van der Waals surface area (Å²) in [6.07, 6.45) is 4.71. The lowest BCUT2D eigenvalue weighted by Gasteiger charge is -2.35. The number of piperidine rings is 1. The van der Waals surface area contributed by atoms with Crippen LogP contribution in [-0.4, -0.2) is 37.4 Å². The Hall–Kier alpha value is -0.780. The van der Waals surface area contributed by atoms with E-state index in [-0.39, 0.29) is 18.3 Å². The number of nitrogens with two attached hydrogens (primary N) is 1. The molecule has 0 aromatic rings. The Morgan fingerprint density at radius 2 is 1.95 bits per heavy atom. The monoisotopic (exact) mass is 296 g/mol. The zero-order valence-corrected chi connectivity index (χ0v) is 13.9. The second-order valence-electron chi connectivity index (χ2n) is 6.81. The van der Waals surface area contributed by atoms with Gasteiger partial charge in [0.15, 0.2) is 5.88 Å². The fourth-order valence-electron chi connectivity index (χ4n) is 3.06. The Morgan fingerprint density at radius 3 is 2.57 bits per heavy atom. The number of rotatable bonds is 4. The van der Waals surface area contributed by atoms with Crippen molar-refractivity contribution < 1.29 is 4.74 Å². The van der Waals surface area contributed by atoms with Crippen LogP contribution in [-0.2, 0) is 4.74 Å². The van der Waals surface area contributed by atoms with E-state index < -0.39 is 0 Å². The van der Waals surface area contributed by atoms with Gasteiger partial charge in [0, 0.05) is 12.1 Å². The number of ether oxygens (including phenoxy) is 1. The smallest absolute Gasteiger partial charge is 0.184 e. The highest BCUT2D eigenvalue weighted by molar-refractivity contribution is 5.05. The molecule has 2 rings (SSSR count). The Balaban J connectivity index is 2.05. The Labute approximate surface area is 129 Å². The molecule has 0 radical (unpaired) electrons. The number of hydrogen-bond donors (Lipinski definition) is 4. The normalized spacial score (nSPS) is 35.0. The summed E-state index contributed by atoms with van der Waals surface area (Å²) in [4.78, 5) is 0. The van der Waals surface area contributed by atoms with Crippen LogP contribution >= 0.6 is 0 Å². The van der Waals surface area contributed by atoms with Crippen LogP contribution in [0.1, 0.15) is 40.5 Å². The van der Waals surface area contributed by atoms with Crippen molar-refractivity contribution in [3.63, 3.8) is 0 Å². The molecule has 5 nitrogen and oxygen atoms in total. The molecule has 0 saturated carbocycles. The van der Waals surface area contributed by atoms with Crippen molar-refractivity contribution in [3.8, 4) is 0 Å². The van der Waals surface area contributed by atoms with Crippen LogP contribution in [0.25, 0.3) is 0 Å². The van der Waals surface area contributed by atoms with E-state index in [2.05, 4.69) is 49.7 Å². The van der Waals surface area contributed by atoms with Crippen LogP contribution in [0.4, 0.5) is 0 Å². The maximum atomic E-state index is 6.49. The van der Waals surface area contributed by atoms with Gasteiger partial charge < -0.3 is 21.1 Å². The average Bonchev–Trinajstić information content (AvgIpc) is 2.53. The number of allylic oxidation sites excluding steroid dienone is 1. The van der Waals surface area contributed by atoms with Crippen molar-refractivity contribution in [1.82, 2.24) is 16.0 Å². The third-order valence-electron chi connectivity index (χ3n) is 4.65. The van der Waals surface area contributed by atoms with E-state index >= 15 is 0 Å².